The SMILES string of the molecule is CCOC(=O)c1ccc(C=O)n2cnnc12. The number of hydrogen-bond acceptors (Lipinski definition) is 5. The largest absolute Gasteiger partial charge is 0.462 e. The van der Waals surface area contributed by atoms with Gasteiger partial charge in [0.2, 0.25) is 0 Å². The minimum Gasteiger partial charge on any atom is -0.462 e. The summed E-state index contributed by atoms with van der Waals surface area (Å²) in [6.45, 7) is 2.01. The van der Waals surface area contributed by atoms with E-state index in [1.807, 2.05) is 0 Å². The molecule has 0 saturated carbocycles. The Morgan fingerprint density at radius 2 is 2.38 bits per heavy atom. The monoisotopic (exact) mass is 219 g/mol. The summed E-state index contributed by atoms with van der Waals surface area (Å²) in [5, 5.41) is 7.44. The summed E-state index contributed by atoms with van der Waals surface area (Å²) < 4.78 is 6.31. The van der Waals surface area contributed by atoms with Crippen molar-refractivity contribution in [3.63, 3.8) is 0 Å². The number of hydrogen-bond donors (Lipinski definition) is 0. The molecule has 16 heavy (non-hydrogen) atoms. The van der Waals surface area contributed by atoms with Crippen LogP contribution in [0.1, 0.15) is 27.8 Å². The van der Waals surface area contributed by atoms with E-state index < -0.39 is 5.97 Å². The van der Waals surface area contributed by atoms with Crippen LogP contribution in [0, 0.1) is 0 Å². The van der Waals surface area contributed by atoms with E-state index in [0.717, 1.165) is 0 Å². The van der Waals surface area contributed by atoms with Gasteiger partial charge in [0.25, 0.3) is 0 Å². The average molecular weight is 219 g/mol. The highest BCUT2D eigenvalue weighted by Crippen LogP contribution is 2.11. The number of pyridine rings is 1. The topological polar surface area (TPSA) is 73.6 Å². The van der Waals surface area contributed by atoms with Crippen LogP contribution in [0.5, 0.6) is 0 Å². The maximum absolute atomic E-state index is 11.6. The molecule has 0 fully saturated rings. The average Bonchev–Trinajstić information content (AvgIpc) is 2.76. The highest BCUT2D eigenvalue weighted by atomic mass is 16.5. The van der Waals surface area contributed by atoms with Gasteiger partial charge in [-0.25, -0.2) is 4.79 Å². The number of fused-ring (bicyclic) bond motifs is 1. The summed E-state index contributed by atoms with van der Waals surface area (Å²) >= 11 is 0. The van der Waals surface area contributed by atoms with Crippen molar-refractivity contribution in [1.82, 2.24) is 14.6 Å². The lowest BCUT2D eigenvalue weighted by Crippen LogP contribution is -2.08. The van der Waals surface area contributed by atoms with E-state index >= 15 is 0 Å². The third-order valence-corrected chi connectivity index (χ3v) is 2.10. The lowest BCUT2D eigenvalue weighted by Gasteiger charge is -2.03. The third-order valence-electron chi connectivity index (χ3n) is 2.10. The molecule has 2 heterocycles. The van der Waals surface area contributed by atoms with Gasteiger partial charge in [-0.05, 0) is 19.1 Å². The standard InChI is InChI=1S/C10H9N3O3/c1-2-16-10(15)8-4-3-7(5-14)13-6-11-12-9(8)13/h3-6H,2H2,1H3. The van der Waals surface area contributed by atoms with E-state index in [1.165, 1.54) is 22.9 Å². The Bertz CT molecular complexity index is 547. The summed E-state index contributed by atoms with van der Waals surface area (Å²) in [7, 11) is 0. The predicted molar refractivity (Wildman–Crippen MR) is 54.3 cm³/mol. The molecule has 82 valence electrons. The van der Waals surface area contributed by atoms with Crippen LogP contribution in [-0.2, 0) is 4.74 Å². The summed E-state index contributed by atoms with van der Waals surface area (Å²) in [5.74, 6) is -0.474. The van der Waals surface area contributed by atoms with Crippen LogP contribution in [0.2, 0.25) is 0 Å². The molecule has 6 nitrogen and oxygen atoms in total. The van der Waals surface area contributed by atoms with Gasteiger partial charge in [0.1, 0.15) is 11.9 Å². The Hall–Kier alpha value is -2.24. The maximum Gasteiger partial charge on any atom is 0.341 e. The van der Waals surface area contributed by atoms with Gasteiger partial charge in [-0.1, -0.05) is 0 Å². The predicted octanol–water partition coefficient (Wildman–Crippen LogP) is 0.719. The van der Waals surface area contributed by atoms with Crippen molar-refractivity contribution in [2.45, 2.75) is 6.92 Å². The quantitative estimate of drug-likeness (QED) is 0.561. The molecular weight excluding hydrogens is 210 g/mol. The first-order valence-electron chi connectivity index (χ1n) is 4.73. The second-order valence-electron chi connectivity index (χ2n) is 3.03. The summed E-state index contributed by atoms with van der Waals surface area (Å²) in [4.78, 5) is 22.3. The maximum atomic E-state index is 11.6. The van der Waals surface area contributed by atoms with E-state index in [9.17, 15) is 9.59 Å². The Kier molecular flexibility index (Phi) is 2.63. The van der Waals surface area contributed by atoms with Gasteiger partial charge in [-0.2, -0.15) is 0 Å². The molecule has 0 unspecified atom stereocenters. The fraction of sp³-hybridized carbons (Fsp3) is 0.200. The molecule has 0 aliphatic heterocycles. The molecule has 6 heteroatoms. The molecule has 0 spiro atoms. The van der Waals surface area contributed by atoms with Gasteiger partial charge in [-0.3, -0.25) is 9.20 Å². The van der Waals surface area contributed by atoms with Crippen molar-refractivity contribution in [1.29, 1.82) is 0 Å². The molecule has 0 amide bonds. The highest BCUT2D eigenvalue weighted by molar-refractivity contribution is 5.96. The van der Waals surface area contributed by atoms with Crippen molar-refractivity contribution in [2.24, 2.45) is 0 Å². The van der Waals surface area contributed by atoms with Crippen LogP contribution in [0.25, 0.3) is 5.65 Å². The number of esters is 1. The molecule has 0 atom stereocenters. The van der Waals surface area contributed by atoms with Crippen molar-refractivity contribution >= 4 is 17.9 Å². The number of nitrogens with zero attached hydrogens (tertiary/aromatic N) is 3. The van der Waals surface area contributed by atoms with Crippen molar-refractivity contribution in [3.05, 3.63) is 29.7 Å². The van der Waals surface area contributed by atoms with Crippen LogP contribution >= 0.6 is 0 Å². The minimum atomic E-state index is -0.474. The molecule has 0 aromatic carbocycles. The Morgan fingerprint density at radius 1 is 1.56 bits per heavy atom. The van der Waals surface area contributed by atoms with Gasteiger partial charge in [0, 0.05) is 0 Å². The summed E-state index contributed by atoms with van der Waals surface area (Å²) in [5.41, 5.74) is 1.00. The van der Waals surface area contributed by atoms with Gasteiger partial charge in [0.05, 0.1) is 12.3 Å². The minimum absolute atomic E-state index is 0.286. The van der Waals surface area contributed by atoms with Gasteiger partial charge < -0.3 is 4.74 Å². The fourth-order valence-electron chi connectivity index (χ4n) is 1.40. The van der Waals surface area contributed by atoms with Crippen molar-refractivity contribution < 1.29 is 14.3 Å². The fourth-order valence-corrected chi connectivity index (χ4v) is 1.40. The van der Waals surface area contributed by atoms with Crippen molar-refractivity contribution in [3.8, 4) is 0 Å². The van der Waals surface area contributed by atoms with Crippen molar-refractivity contribution in [2.75, 3.05) is 6.61 Å². The van der Waals surface area contributed by atoms with Gasteiger partial charge in [0.15, 0.2) is 11.9 Å². The van der Waals surface area contributed by atoms with E-state index in [2.05, 4.69) is 10.2 Å². The number of aldehydes is 1. The van der Waals surface area contributed by atoms with E-state index in [-0.39, 0.29) is 6.61 Å². The van der Waals surface area contributed by atoms with Crippen LogP contribution in [-0.4, -0.2) is 33.5 Å². The van der Waals surface area contributed by atoms with Crippen LogP contribution in [0.3, 0.4) is 0 Å². The number of aromatic nitrogens is 3. The Morgan fingerprint density at radius 3 is 3.06 bits per heavy atom. The zero-order valence-electron chi connectivity index (χ0n) is 8.58. The second-order valence-corrected chi connectivity index (χ2v) is 3.03. The molecule has 0 radical (unpaired) electrons. The molecule has 0 aliphatic carbocycles. The Balaban J connectivity index is 2.59. The summed E-state index contributed by atoms with van der Waals surface area (Å²) in [6.07, 6.45) is 2.05. The number of carbonyl (C=O) groups excluding carboxylic acids is 2. The van der Waals surface area contributed by atoms with Crippen LogP contribution in [0.15, 0.2) is 18.5 Å². The lowest BCUT2D eigenvalue weighted by atomic mass is 10.2. The normalized spacial score (nSPS) is 10.3. The zero-order chi connectivity index (χ0) is 11.5. The van der Waals surface area contributed by atoms with E-state index in [1.54, 1.807) is 6.92 Å². The van der Waals surface area contributed by atoms with Crippen LogP contribution in [0.4, 0.5) is 0 Å². The molecule has 0 N–H and O–H groups in total. The van der Waals surface area contributed by atoms with E-state index in [0.29, 0.717) is 23.2 Å². The summed E-state index contributed by atoms with van der Waals surface area (Å²) in [6, 6.07) is 3.03. The Labute approximate surface area is 90.9 Å². The smallest absolute Gasteiger partial charge is 0.341 e. The molecule has 2 aromatic heterocycles. The first-order valence-corrected chi connectivity index (χ1v) is 4.73. The van der Waals surface area contributed by atoms with Crippen LogP contribution < -0.4 is 0 Å². The second kappa shape index (κ2) is 4.09. The van der Waals surface area contributed by atoms with E-state index in [4.69, 9.17) is 4.74 Å². The number of ether oxygens (including phenoxy) is 1. The molecule has 2 aromatic rings. The first kappa shape index (κ1) is 10.3. The molecular formula is C10H9N3O3. The number of carbonyl (C=O) groups is 2. The highest BCUT2D eigenvalue weighted by Gasteiger charge is 2.14. The first-order chi connectivity index (χ1) is 7.77. The lowest BCUT2D eigenvalue weighted by molar-refractivity contribution is 0.0527. The molecule has 0 saturated heterocycles. The molecule has 0 aliphatic rings. The zero-order valence-corrected chi connectivity index (χ0v) is 8.58. The third kappa shape index (κ3) is 1.54. The molecule has 2 rings (SSSR count). The number of rotatable bonds is 3. The molecule has 0 bridgehead atoms. The van der Waals surface area contributed by atoms with Gasteiger partial charge >= 0.3 is 5.97 Å². The van der Waals surface area contributed by atoms with Gasteiger partial charge in [-0.15, -0.1) is 10.2 Å².